The van der Waals surface area contributed by atoms with Gasteiger partial charge in [-0.25, -0.2) is 4.37 Å². The molecule has 5 aromatic heterocycles. The van der Waals surface area contributed by atoms with Crippen LogP contribution >= 0.6 is 22.9 Å². The molecule has 8 heteroatoms. The third-order valence-corrected chi connectivity index (χ3v) is 13.0. The van der Waals surface area contributed by atoms with E-state index in [1.165, 1.54) is 57.7 Å². The predicted octanol–water partition coefficient (Wildman–Crippen LogP) is 19.2. The summed E-state index contributed by atoms with van der Waals surface area (Å²) >= 11 is 3.30. The maximum atomic E-state index is 4.63. The van der Waals surface area contributed by atoms with E-state index in [2.05, 4.69) is 200 Å². The molecule has 0 aliphatic heterocycles. The van der Waals surface area contributed by atoms with Crippen molar-refractivity contribution in [1.82, 2.24) is 24.5 Å². The average molecular weight is 961 g/mol. The first-order chi connectivity index (χ1) is 32.4. The van der Waals surface area contributed by atoms with Gasteiger partial charge in [0.1, 0.15) is 6.26 Å². The highest BCUT2D eigenvalue weighted by Gasteiger charge is 2.06. The van der Waals surface area contributed by atoms with Crippen LogP contribution in [0, 0.1) is 11.8 Å². The van der Waals surface area contributed by atoms with Crippen LogP contribution in [0.1, 0.15) is 210 Å². The lowest BCUT2D eigenvalue weighted by Crippen LogP contribution is -1.98. The van der Waals surface area contributed by atoms with Gasteiger partial charge in [0.15, 0.2) is 0 Å². The second-order valence-electron chi connectivity index (χ2n) is 19.4. The standard InChI is InChI=1S/C9H16.C9H12.2C8H11N.C8H12.C6H9NO.2C6H9NS/c2*1-8(2)9-6-4-3-5-7-9;1-7(2)8-3-5-9-6-4-8;1-7(2)8-4-3-5-9-6-8;1-7(2)8-5-3-4-6-8;1-5(2)6-3-7-8-4-6;1-5(2)6-3-7-4-8-6;1-5(2)6-3-4-7-8-6/h6,8H,3-5,7H2,1-2H3;3-8H,1-2H3;2*3-7H,1-2H3;3,5-7H,4H2,1-2H3;3*3-5H,1-2H3. The molecule has 0 amide bonds. The Morgan fingerprint density at radius 3 is 1.40 bits per heavy atom. The van der Waals surface area contributed by atoms with Crippen LogP contribution in [0.3, 0.4) is 0 Å². The molecule has 0 radical (unpaired) electrons. The zero-order valence-electron chi connectivity index (χ0n) is 44.9. The maximum Gasteiger partial charge on any atom is 0.127 e. The Morgan fingerprint density at radius 1 is 0.485 bits per heavy atom. The molecule has 0 spiro atoms. The number of benzene rings is 1. The smallest absolute Gasteiger partial charge is 0.127 e. The Morgan fingerprint density at radius 2 is 1.10 bits per heavy atom. The van der Waals surface area contributed by atoms with Crippen LogP contribution in [0.2, 0.25) is 0 Å². The Kier molecular flexibility index (Phi) is 33.4. The summed E-state index contributed by atoms with van der Waals surface area (Å²) in [5.74, 6) is 5.20. The van der Waals surface area contributed by atoms with Gasteiger partial charge in [0.2, 0.25) is 0 Å². The van der Waals surface area contributed by atoms with Gasteiger partial charge in [-0.2, -0.15) is 0 Å². The van der Waals surface area contributed by atoms with Crippen LogP contribution in [0.25, 0.3) is 0 Å². The number of hydrogen-bond donors (Lipinski definition) is 0. The van der Waals surface area contributed by atoms with Gasteiger partial charge in [-0.05, 0) is 138 Å². The van der Waals surface area contributed by atoms with Crippen LogP contribution < -0.4 is 0 Å². The van der Waals surface area contributed by atoms with Crippen LogP contribution in [-0.2, 0) is 0 Å². The minimum absolute atomic E-state index is 0.529. The fourth-order valence-corrected chi connectivity index (χ4v) is 7.34. The minimum atomic E-state index is 0.529. The Hall–Kier alpha value is -4.79. The molecule has 0 saturated heterocycles. The molecule has 0 atom stereocenters. The lowest BCUT2D eigenvalue weighted by atomic mass is 9.92. The van der Waals surface area contributed by atoms with Gasteiger partial charge >= 0.3 is 0 Å². The van der Waals surface area contributed by atoms with Gasteiger partial charge in [0, 0.05) is 52.5 Å². The topological polar surface area (TPSA) is 77.6 Å². The number of rotatable bonds is 8. The first-order valence-corrected chi connectivity index (χ1v) is 26.7. The van der Waals surface area contributed by atoms with Gasteiger partial charge in [-0.3, -0.25) is 15.0 Å². The van der Waals surface area contributed by atoms with Crippen molar-refractivity contribution >= 4 is 22.9 Å². The molecule has 0 N–H and O–H groups in total. The molecule has 5 heterocycles. The summed E-state index contributed by atoms with van der Waals surface area (Å²) in [6, 6.07) is 20.7. The molecule has 0 saturated carbocycles. The van der Waals surface area contributed by atoms with Crippen molar-refractivity contribution in [3.63, 3.8) is 0 Å². The van der Waals surface area contributed by atoms with Gasteiger partial charge < -0.3 is 4.52 Å². The number of nitrogens with zero attached hydrogens (tertiary/aromatic N) is 5. The number of hydrogen-bond acceptors (Lipinski definition) is 8. The molecular formula is C60H89N5OS2. The van der Waals surface area contributed by atoms with E-state index in [1.54, 1.807) is 47.1 Å². The van der Waals surface area contributed by atoms with Crippen LogP contribution in [0.4, 0.5) is 0 Å². The lowest BCUT2D eigenvalue weighted by Gasteiger charge is -2.15. The second-order valence-corrected chi connectivity index (χ2v) is 21.1. The molecule has 8 rings (SSSR count). The monoisotopic (exact) mass is 960 g/mol. The lowest BCUT2D eigenvalue weighted by molar-refractivity contribution is 0.418. The quantitative estimate of drug-likeness (QED) is 0.141. The van der Waals surface area contributed by atoms with Gasteiger partial charge in [0.25, 0.3) is 0 Å². The van der Waals surface area contributed by atoms with Gasteiger partial charge in [-0.1, -0.05) is 182 Å². The third kappa shape index (κ3) is 29.2. The van der Waals surface area contributed by atoms with Crippen LogP contribution in [-0.4, -0.2) is 24.5 Å². The summed E-state index contributed by atoms with van der Waals surface area (Å²) in [6.07, 6.45) is 30.3. The molecular weight excluding hydrogens is 871 g/mol. The maximum absolute atomic E-state index is 4.63. The van der Waals surface area contributed by atoms with Gasteiger partial charge in [0.05, 0.1) is 11.7 Å². The molecule has 0 fully saturated rings. The van der Waals surface area contributed by atoms with Crippen molar-refractivity contribution in [2.24, 2.45) is 11.8 Å². The van der Waals surface area contributed by atoms with E-state index in [4.69, 9.17) is 0 Å². The Balaban J connectivity index is 0.000000389. The van der Waals surface area contributed by atoms with E-state index in [0.717, 1.165) is 17.9 Å². The normalized spacial score (nSPS) is 12.4. The second kappa shape index (κ2) is 37.1. The number of aromatic nitrogens is 5. The van der Waals surface area contributed by atoms with Crippen molar-refractivity contribution in [3.8, 4) is 0 Å². The summed E-state index contributed by atoms with van der Waals surface area (Å²) < 4.78 is 8.61. The van der Waals surface area contributed by atoms with E-state index in [1.807, 2.05) is 60.8 Å². The Bertz CT molecular complexity index is 1910. The fourth-order valence-electron chi connectivity index (χ4n) is 6.13. The SMILES string of the molecule is CC(C)C1=CCC=C1.CC(C)C1=CCCCC1.CC(C)c1ccccc1.CC(C)c1cccnc1.CC(C)c1ccncc1.CC(C)c1ccns1.CC(C)c1cncs1.CC(C)c1cnoc1. The molecule has 6 nitrogen and oxygen atoms in total. The highest BCUT2D eigenvalue weighted by Crippen LogP contribution is 2.23. The van der Waals surface area contributed by atoms with Crippen molar-refractivity contribution in [2.45, 2.75) is 178 Å². The van der Waals surface area contributed by atoms with E-state index in [9.17, 15) is 0 Å². The molecule has 0 bridgehead atoms. The molecule has 1 aromatic carbocycles. The molecule has 2 aliphatic rings. The van der Waals surface area contributed by atoms with E-state index in [0.29, 0.717) is 41.4 Å². The number of allylic oxidation sites excluding steroid dienone is 6. The summed E-state index contributed by atoms with van der Waals surface area (Å²) in [7, 11) is 0. The van der Waals surface area contributed by atoms with Crippen molar-refractivity contribution < 1.29 is 4.52 Å². The van der Waals surface area contributed by atoms with E-state index in [-0.39, 0.29) is 0 Å². The molecule has 68 heavy (non-hydrogen) atoms. The van der Waals surface area contributed by atoms with Crippen LogP contribution in [0.5, 0.6) is 0 Å². The number of pyridine rings is 2. The van der Waals surface area contributed by atoms with Gasteiger partial charge in [-0.15, -0.1) is 11.3 Å². The van der Waals surface area contributed by atoms with Crippen molar-refractivity contribution in [1.29, 1.82) is 0 Å². The Labute approximate surface area is 423 Å². The molecule has 0 unspecified atom stereocenters. The van der Waals surface area contributed by atoms with Crippen molar-refractivity contribution in [2.75, 3.05) is 0 Å². The van der Waals surface area contributed by atoms with Crippen molar-refractivity contribution in [3.05, 3.63) is 183 Å². The minimum Gasteiger partial charge on any atom is -0.364 e. The zero-order valence-corrected chi connectivity index (χ0v) is 46.5. The summed E-state index contributed by atoms with van der Waals surface area (Å²) in [5, 5.41) is 3.57. The largest absolute Gasteiger partial charge is 0.364 e. The molecule has 372 valence electrons. The average Bonchev–Trinajstić information content (AvgIpc) is 4.21. The highest BCUT2D eigenvalue weighted by molar-refractivity contribution is 7.09. The zero-order chi connectivity index (χ0) is 50.7. The van der Waals surface area contributed by atoms with Crippen LogP contribution in [0.15, 0.2) is 156 Å². The van der Waals surface area contributed by atoms with E-state index >= 15 is 0 Å². The first kappa shape index (κ1) is 61.2. The summed E-state index contributed by atoms with van der Waals surface area (Å²) in [6.45, 7) is 35.0. The third-order valence-electron chi connectivity index (χ3n) is 10.9. The predicted molar refractivity (Wildman–Crippen MR) is 298 cm³/mol. The molecule has 6 aromatic rings. The fraction of sp³-hybridized carbons (Fsp3) is 0.483. The highest BCUT2D eigenvalue weighted by atomic mass is 32.1. The first-order valence-electron chi connectivity index (χ1n) is 25.0. The summed E-state index contributed by atoms with van der Waals surface area (Å²) in [5.41, 5.74) is 10.3. The summed E-state index contributed by atoms with van der Waals surface area (Å²) in [4.78, 5) is 14.6. The molecule has 2 aliphatic carbocycles. The number of thiazole rings is 1. The van der Waals surface area contributed by atoms with E-state index < -0.39 is 0 Å².